The van der Waals surface area contributed by atoms with Crippen molar-refractivity contribution in [3.63, 3.8) is 0 Å². The van der Waals surface area contributed by atoms with Crippen LogP contribution in [0, 0.1) is 6.92 Å². The topological polar surface area (TPSA) is 219 Å². The number of rotatable bonds is 10. The Hall–Kier alpha value is -3.70. The molecule has 0 unspecified atom stereocenters. The number of benzene rings is 1. The van der Waals surface area contributed by atoms with Crippen LogP contribution in [-0.4, -0.2) is 55.7 Å². The number of carbonyl (C=O) groups excluding carboxylic acids is 1. The van der Waals surface area contributed by atoms with E-state index in [0.717, 1.165) is 0 Å². The minimum atomic E-state index is -5.08. The molecule has 0 atom stereocenters. The van der Waals surface area contributed by atoms with Crippen LogP contribution in [0.1, 0.15) is 16.8 Å². The lowest BCUT2D eigenvalue weighted by Crippen LogP contribution is -2.30. The van der Waals surface area contributed by atoms with Crippen molar-refractivity contribution in [1.29, 1.82) is 0 Å². The maximum absolute atomic E-state index is 12.7. The fraction of sp³-hybridized carbons (Fsp3) is 0.300. The summed E-state index contributed by atoms with van der Waals surface area (Å²) in [5.41, 5.74) is 10.2. The molecule has 0 spiro atoms. The van der Waals surface area contributed by atoms with Gasteiger partial charge in [0.1, 0.15) is 12.3 Å². The smallest absolute Gasteiger partial charge is 0.475 e. The number of aryl methyl sites for hydroxylation is 1. The maximum Gasteiger partial charge on any atom is 0.490 e. The van der Waals surface area contributed by atoms with Crippen molar-refractivity contribution in [1.82, 2.24) is 10.3 Å². The Balaban J connectivity index is 0.000000956. The first kappa shape index (κ1) is 33.3. The molecule has 0 aliphatic carbocycles. The molecule has 0 bridgehead atoms. The molecule has 8 N–H and O–H groups in total. The van der Waals surface area contributed by atoms with E-state index in [-0.39, 0.29) is 47.4 Å². The molecule has 2 aromatic rings. The highest BCUT2D eigenvalue weighted by atomic mass is 35.5. The molecule has 0 fully saturated rings. The van der Waals surface area contributed by atoms with Crippen molar-refractivity contribution in [2.45, 2.75) is 25.3 Å². The molecule has 0 radical (unpaired) electrons. The first-order chi connectivity index (χ1) is 17.9. The van der Waals surface area contributed by atoms with Crippen LogP contribution in [-0.2, 0) is 36.6 Å². The van der Waals surface area contributed by atoms with E-state index in [1.165, 1.54) is 24.3 Å². The number of amides is 1. The molecule has 0 aliphatic heterocycles. The number of H-pyrrole nitrogens is 1. The number of aliphatic carboxylic acids is 1. The average molecular weight is 619 g/mol. The van der Waals surface area contributed by atoms with Gasteiger partial charge >= 0.3 is 12.1 Å². The number of hydrogen-bond acceptors (Lipinski definition) is 7. The summed E-state index contributed by atoms with van der Waals surface area (Å²) in [6.45, 7) is 1.71. The van der Waals surface area contributed by atoms with Gasteiger partial charge in [-0.2, -0.15) is 13.2 Å². The van der Waals surface area contributed by atoms with E-state index in [0.29, 0.717) is 10.7 Å². The van der Waals surface area contributed by atoms with E-state index in [4.69, 9.17) is 49.4 Å². The zero-order valence-electron chi connectivity index (χ0n) is 19.9. The lowest BCUT2D eigenvalue weighted by Gasteiger charge is -2.13. The number of aromatic amines is 1. The van der Waals surface area contributed by atoms with E-state index in [9.17, 15) is 31.2 Å². The largest absolute Gasteiger partial charge is 0.490 e. The van der Waals surface area contributed by atoms with Crippen LogP contribution in [0.5, 0.6) is 0 Å². The van der Waals surface area contributed by atoms with Crippen LogP contribution in [0.4, 0.5) is 18.9 Å². The van der Waals surface area contributed by atoms with Gasteiger partial charge in [0.05, 0.1) is 18.7 Å². The second-order valence-corrected chi connectivity index (χ2v) is 10.0. The normalized spacial score (nSPS) is 11.0. The van der Waals surface area contributed by atoms with Gasteiger partial charge in [0.15, 0.2) is 0 Å². The number of nitrogens with two attached hydrogens (primary N) is 2. The number of anilines is 1. The van der Waals surface area contributed by atoms with Crippen molar-refractivity contribution in [2.75, 3.05) is 17.9 Å². The number of pyridine rings is 1. The molecule has 216 valence electrons. The third kappa shape index (κ3) is 12.6. The Morgan fingerprint density at radius 2 is 1.79 bits per heavy atom. The van der Waals surface area contributed by atoms with E-state index in [1.807, 2.05) is 0 Å². The van der Waals surface area contributed by atoms with Gasteiger partial charge in [0, 0.05) is 15.7 Å². The van der Waals surface area contributed by atoms with Gasteiger partial charge < -0.3 is 31.7 Å². The van der Waals surface area contributed by atoms with Gasteiger partial charge in [-0.15, -0.1) is 0 Å². The second-order valence-electron chi connectivity index (χ2n) is 7.46. The molecule has 0 aliphatic rings. The van der Waals surface area contributed by atoms with E-state index in [2.05, 4.69) is 20.2 Å². The molecule has 19 heteroatoms. The minimum Gasteiger partial charge on any atom is -0.475 e. The van der Waals surface area contributed by atoms with Crippen LogP contribution in [0.2, 0.25) is 10.0 Å². The zero-order chi connectivity index (χ0) is 30.0. The summed E-state index contributed by atoms with van der Waals surface area (Å²) in [5.74, 6) is -4.01. The standard InChI is InChI=1S/C18H22Cl2N6O5S.C2HF3O2/c1-10-6-11(8-15(27)23-4-5-31-25-18(21)22)16(17(28)24-10)26-32(29,30)9-12-7-13(19)2-3-14(12)20;3-2(4,5)1(6)7/h2-3,6-7,26H,4-5,8-9H2,1H3,(H,23,27)(H,24,28)(H4,21,22,25);(H,6,7). The number of carbonyl (C=O) groups is 2. The number of carboxylic acids is 1. The highest BCUT2D eigenvalue weighted by Gasteiger charge is 2.38. The third-order valence-corrected chi connectivity index (χ3v) is 5.95. The van der Waals surface area contributed by atoms with Crippen molar-refractivity contribution in [2.24, 2.45) is 16.6 Å². The van der Waals surface area contributed by atoms with Gasteiger partial charge in [-0.1, -0.05) is 23.2 Å². The molecule has 2 rings (SSSR count). The number of guanidine groups is 1. The van der Waals surface area contributed by atoms with Crippen LogP contribution in [0.15, 0.2) is 34.2 Å². The molecule has 1 aromatic heterocycles. The summed E-state index contributed by atoms with van der Waals surface area (Å²) in [4.78, 5) is 40.8. The lowest BCUT2D eigenvalue weighted by atomic mass is 10.1. The highest BCUT2D eigenvalue weighted by Crippen LogP contribution is 2.24. The Labute approximate surface area is 229 Å². The second kappa shape index (κ2) is 14.5. The molecular weight excluding hydrogens is 596 g/mol. The maximum atomic E-state index is 12.7. The number of aromatic nitrogens is 1. The molecule has 0 saturated heterocycles. The number of nitrogens with zero attached hydrogens (tertiary/aromatic N) is 1. The van der Waals surface area contributed by atoms with Crippen molar-refractivity contribution >= 4 is 56.7 Å². The van der Waals surface area contributed by atoms with Crippen LogP contribution < -0.4 is 27.1 Å². The predicted octanol–water partition coefficient (Wildman–Crippen LogP) is 1.43. The first-order valence-electron chi connectivity index (χ1n) is 10.4. The third-order valence-electron chi connectivity index (χ3n) is 4.14. The number of oxime groups is 1. The molecule has 13 nitrogen and oxygen atoms in total. The molecule has 1 heterocycles. The Morgan fingerprint density at radius 3 is 2.36 bits per heavy atom. The molecule has 1 amide bonds. The molecule has 1 aromatic carbocycles. The Bertz CT molecular complexity index is 1380. The zero-order valence-corrected chi connectivity index (χ0v) is 22.3. The van der Waals surface area contributed by atoms with Gasteiger partial charge in [-0.25, -0.2) is 13.2 Å². The van der Waals surface area contributed by atoms with Gasteiger partial charge in [0.2, 0.25) is 21.9 Å². The van der Waals surface area contributed by atoms with Gasteiger partial charge in [-0.3, -0.25) is 14.3 Å². The Kier molecular flexibility index (Phi) is 12.4. The number of nitrogens with one attached hydrogen (secondary N) is 3. The minimum absolute atomic E-state index is 0.0118. The highest BCUT2D eigenvalue weighted by molar-refractivity contribution is 7.91. The molecular formula is C20H23Cl2F3N6O7S. The summed E-state index contributed by atoms with van der Waals surface area (Å²) < 4.78 is 59.4. The molecule has 39 heavy (non-hydrogen) atoms. The number of carboxylic acid groups (broad SMARTS) is 1. The predicted molar refractivity (Wildman–Crippen MR) is 137 cm³/mol. The van der Waals surface area contributed by atoms with Crippen LogP contribution >= 0.6 is 23.2 Å². The number of hydrogen-bond donors (Lipinski definition) is 6. The lowest BCUT2D eigenvalue weighted by molar-refractivity contribution is -0.192. The van der Waals surface area contributed by atoms with E-state index in [1.54, 1.807) is 6.92 Å². The number of alkyl halides is 3. The fourth-order valence-electron chi connectivity index (χ4n) is 2.65. The van der Waals surface area contributed by atoms with Crippen LogP contribution in [0.3, 0.4) is 0 Å². The number of sulfonamides is 1. The van der Waals surface area contributed by atoms with Gasteiger partial charge in [-0.05, 0) is 47.5 Å². The number of halogens is 5. The fourth-order valence-corrected chi connectivity index (χ4v) is 4.36. The van der Waals surface area contributed by atoms with E-state index >= 15 is 0 Å². The summed E-state index contributed by atoms with van der Waals surface area (Å²) >= 11 is 11.9. The first-order valence-corrected chi connectivity index (χ1v) is 12.8. The monoisotopic (exact) mass is 618 g/mol. The summed E-state index contributed by atoms with van der Waals surface area (Å²) in [6.07, 6.45) is -5.34. The SMILES string of the molecule is Cc1cc(CC(=O)NCCON=C(N)N)c(NS(=O)(=O)Cc2cc(Cl)ccc2Cl)c(=O)[nH]1.O=C(O)C(F)(F)F. The molecule has 0 saturated carbocycles. The average Bonchev–Trinajstić information content (AvgIpc) is 2.78. The van der Waals surface area contributed by atoms with Crippen molar-refractivity contribution in [3.05, 3.63) is 61.5 Å². The van der Waals surface area contributed by atoms with E-state index < -0.39 is 39.4 Å². The van der Waals surface area contributed by atoms with Crippen LogP contribution in [0.25, 0.3) is 0 Å². The summed E-state index contributed by atoms with van der Waals surface area (Å²) in [5, 5.41) is 13.5. The van der Waals surface area contributed by atoms with Gasteiger partial charge in [0.25, 0.3) is 5.56 Å². The van der Waals surface area contributed by atoms with Crippen molar-refractivity contribution in [3.8, 4) is 0 Å². The summed E-state index contributed by atoms with van der Waals surface area (Å²) in [7, 11) is -4.06. The van der Waals surface area contributed by atoms with Crippen molar-refractivity contribution < 1.29 is 41.1 Å². The quantitative estimate of drug-likeness (QED) is 0.0979. The Morgan fingerprint density at radius 1 is 1.18 bits per heavy atom. The summed E-state index contributed by atoms with van der Waals surface area (Å²) in [6, 6.07) is 5.92.